The molecule has 0 saturated carbocycles. The Morgan fingerprint density at radius 2 is 2.28 bits per heavy atom. The average Bonchev–Trinajstić information content (AvgIpc) is 2.71. The van der Waals surface area contributed by atoms with Crippen molar-refractivity contribution in [3.63, 3.8) is 0 Å². The Kier molecular flexibility index (Phi) is 3.56. The fraction of sp³-hybridized carbons (Fsp3) is 0.333. The van der Waals surface area contributed by atoms with Crippen molar-refractivity contribution in [1.82, 2.24) is 0 Å². The van der Waals surface area contributed by atoms with E-state index in [1.807, 2.05) is 12.1 Å². The molecule has 0 aromatic heterocycles. The van der Waals surface area contributed by atoms with E-state index in [0.29, 0.717) is 18.0 Å². The Labute approximate surface area is 113 Å². The van der Waals surface area contributed by atoms with Gasteiger partial charge in [0.15, 0.2) is 0 Å². The number of nitrogens with two attached hydrogens (primary N) is 1. The van der Waals surface area contributed by atoms with Crippen LogP contribution in [0.4, 0.5) is 5.69 Å². The van der Waals surface area contributed by atoms with Crippen LogP contribution in [0.5, 0.6) is 5.75 Å². The molecule has 0 aliphatic carbocycles. The second-order valence-electron chi connectivity index (χ2n) is 4.10. The van der Waals surface area contributed by atoms with Gasteiger partial charge in [-0.15, -0.1) is 0 Å². The summed E-state index contributed by atoms with van der Waals surface area (Å²) < 4.78 is 5.99. The second-order valence-corrected chi connectivity index (χ2v) is 4.95. The third kappa shape index (κ3) is 2.20. The van der Waals surface area contributed by atoms with E-state index in [4.69, 9.17) is 10.5 Å². The van der Waals surface area contributed by atoms with Crippen molar-refractivity contribution in [1.29, 1.82) is 0 Å². The number of primary amides is 1. The minimum Gasteiger partial charge on any atom is -0.495 e. The Balaban J connectivity index is 2.38. The Morgan fingerprint density at radius 3 is 2.83 bits per heavy atom. The summed E-state index contributed by atoms with van der Waals surface area (Å²) in [5, 5.41) is 0. The maximum absolute atomic E-state index is 12.0. The summed E-state index contributed by atoms with van der Waals surface area (Å²) in [7, 11) is 1.54. The van der Waals surface area contributed by atoms with Crippen LogP contribution in [-0.4, -0.2) is 25.5 Å². The van der Waals surface area contributed by atoms with Gasteiger partial charge in [0, 0.05) is 17.4 Å². The van der Waals surface area contributed by atoms with E-state index in [-0.39, 0.29) is 12.3 Å². The topological polar surface area (TPSA) is 72.6 Å². The van der Waals surface area contributed by atoms with E-state index in [1.54, 1.807) is 11.0 Å². The SMILES string of the molecule is COc1cccc(Br)c1N1CC(C(N)=O)CC1=O. The van der Waals surface area contributed by atoms with Crippen LogP contribution in [0.2, 0.25) is 0 Å². The summed E-state index contributed by atoms with van der Waals surface area (Å²) in [6.07, 6.45) is 0.153. The van der Waals surface area contributed by atoms with E-state index in [0.717, 1.165) is 4.47 Å². The monoisotopic (exact) mass is 312 g/mol. The van der Waals surface area contributed by atoms with E-state index < -0.39 is 11.8 Å². The molecule has 0 radical (unpaired) electrons. The molecule has 0 bridgehead atoms. The predicted molar refractivity (Wildman–Crippen MR) is 70.3 cm³/mol. The molecule has 1 aliphatic heterocycles. The molecule has 1 aromatic rings. The summed E-state index contributed by atoms with van der Waals surface area (Å²) >= 11 is 3.39. The lowest BCUT2D eigenvalue weighted by Gasteiger charge is -2.20. The van der Waals surface area contributed by atoms with Gasteiger partial charge in [0.2, 0.25) is 11.8 Å². The van der Waals surface area contributed by atoms with Crippen LogP contribution in [-0.2, 0) is 9.59 Å². The number of benzene rings is 1. The second kappa shape index (κ2) is 4.97. The Morgan fingerprint density at radius 1 is 1.56 bits per heavy atom. The first kappa shape index (κ1) is 12.9. The molecule has 1 saturated heterocycles. The maximum atomic E-state index is 12.0. The van der Waals surface area contributed by atoms with Crippen molar-refractivity contribution in [2.45, 2.75) is 6.42 Å². The number of nitrogens with zero attached hydrogens (tertiary/aromatic N) is 1. The number of rotatable bonds is 3. The van der Waals surface area contributed by atoms with Crippen LogP contribution in [0.1, 0.15) is 6.42 Å². The van der Waals surface area contributed by atoms with Crippen LogP contribution in [0.25, 0.3) is 0 Å². The highest BCUT2D eigenvalue weighted by molar-refractivity contribution is 9.10. The molecule has 5 nitrogen and oxygen atoms in total. The fourth-order valence-electron chi connectivity index (χ4n) is 2.04. The van der Waals surface area contributed by atoms with Crippen molar-refractivity contribution in [2.24, 2.45) is 11.7 Å². The van der Waals surface area contributed by atoms with Crippen LogP contribution < -0.4 is 15.4 Å². The van der Waals surface area contributed by atoms with Crippen LogP contribution >= 0.6 is 15.9 Å². The van der Waals surface area contributed by atoms with E-state index in [1.165, 1.54) is 7.11 Å². The smallest absolute Gasteiger partial charge is 0.228 e. The molecule has 0 spiro atoms. The summed E-state index contributed by atoms with van der Waals surface area (Å²) in [5.74, 6) is -0.418. The van der Waals surface area contributed by atoms with E-state index in [2.05, 4.69) is 15.9 Å². The highest BCUT2D eigenvalue weighted by Crippen LogP contribution is 2.38. The third-order valence-electron chi connectivity index (χ3n) is 2.97. The van der Waals surface area contributed by atoms with Gasteiger partial charge >= 0.3 is 0 Å². The first-order chi connectivity index (χ1) is 8.54. The summed E-state index contributed by atoms with van der Waals surface area (Å²) in [5.41, 5.74) is 5.90. The molecule has 1 heterocycles. The zero-order chi connectivity index (χ0) is 13.3. The Hall–Kier alpha value is -1.56. The zero-order valence-corrected chi connectivity index (χ0v) is 11.4. The van der Waals surface area contributed by atoms with Crippen LogP contribution in [0.15, 0.2) is 22.7 Å². The fourth-order valence-corrected chi connectivity index (χ4v) is 2.60. The molecule has 1 atom stereocenters. The number of hydrogen-bond donors (Lipinski definition) is 1. The first-order valence-electron chi connectivity index (χ1n) is 5.46. The number of carbonyl (C=O) groups is 2. The molecular weight excluding hydrogens is 300 g/mol. The number of halogens is 1. The molecule has 1 unspecified atom stereocenters. The van der Waals surface area contributed by atoms with Gasteiger partial charge in [0.1, 0.15) is 11.4 Å². The standard InChI is InChI=1S/C12H13BrN2O3/c1-18-9-4-2-3-8(13)11(9)15-6-7(12(14)17)5-10(15)16/h2-4,7H,5-6H2,1H3,(H2,14,17). The molecule has 2 amide bonds. The lowest BCUT2D eigenvalue weighted by atomic mass is 10.1. The molecule has 96 valence electrons. The van der Waals surface area contributed by atoms with Crippen LogP contribution in [0.3, 0.4) is 0 Å². The van der Waals surface area contributed by atoms with Gasteiger partial charge in [-0.3, -0.25) is 9.59 Å². The zero-order valence-electron chi connectivity index (χ0n) is 9.85. The van der Waals surface area contributed by atoms with Crippen molar-refractivity contribution in [3.8, 4) is 5.75 Å². The van der Waals surface area contributed by atoms with Gasteiger partial charge in [0.05, 0.1) is 13.0 Å². The Bertz CT molecular complexity index is 504. The molecular formula is C12H13BrN2O3. The number of carbonyl (C=O) groups excluding carboxylic acids is 2. The van der Waals surface area contributed by atoms with Crippen molar-refractivity contribution < 1.29 is 14.3 Å². The molecule has 2 rings (SSSR count). The normalized spacial score (nSPS) is 19.1. The lowest BCUT2D eigenvalue weighted by molar-refractivity contribution is -0.123. The summed E-state index contributed by atoms with van der Waals surface area (Å²) in [4.78, 5) is 24.7. The number of ether oxygens (including phenoxy) is 1. The van der Waals surface area contributed by atoms with Gasteiger partial charge in [-0.2, -0.15) is 0 Å². The minimum absolute atomic E-state index is 0.121. The number of methoxy groups -OCH3 is 1. The van der Waals surface area contributed by atoms with Gasteiger partial charge in [0.25, 0.3) is 0 Å². The number of para-hydroxylation sites is 1. The molecule has 18 heavy (non-hydrogen) atoms. The summed E-state index contributed by atoms with van der Waals surface area (Å²) in [6, 6.07) is 5.41. The predicted octanol–water partition coefficient (Wildman–Crippen LogP) is 1.30. The highest BCUT2D eigenvalue weighted by Gasteiger charge is 2.36. The molecule has 1 aliphatic rings. The largest absolute Gasteiger partial charge is 0.495 e. The molecule has 6 heteroatoms. The summed E-state index contributed by atoms with van der Waals surface area (Å²) in [6.45, 7) is 0.299. The van der Waals surface area contributed by atoms with Crippen molar-refractivity contribution in [3.05, 3.63) is 22.7 Å². The third-order valence-corrected chi connectivity index (χ3v) is 3.61. The van der Waals surface area contributed by atoms with Crippen LogP contribution in [0, 0.1) is 5.92 Å². The molecule has 2 N–H and O–H groups in total. The first-order valence-corrected chi connectivity index (χ1v) is 6.26. The number of anilines is 1. The number of amides is 2. The van der Waals surface area contributed by atoms with Gasteiger partial charge in [-0.05, 0) is 28.1 Å². The van der Waals surface area contributed by atoms with Crippen molar-refractivity contribution in [2.75, 3.05) is 18.6 Å². The lowest BCUT2D eigenvalue weighted by Crippen LogP contribution is -2.28. The molecule has 1 fully saturated rings. The average molecular weight is 313 g/mol. The van der Waals surface area contributed by atoms with E-state index >= 15 is 0 Å². The minimum atomic E-state index is -0.447. The number of hydrogen-bond acceptors (Lipinski definition) is 3. The quantitative estimate of drug-likeness (QED) is 0.914. The van der Waals surface area contributed by atoms with Gasteiger partial charge in [-0.1, -0.05) is 6.07 Å². The van der Waals surface area contributed by atoms with Crippen molar-refractivity contribution >= 4 is 33.4 Å². The van der Waals surface area contributed by atoms with Gasteiger partial charge < -0.3 is 15.4 Å². The molecule has 1 aromatic carbocycles. The van der Waals surface area contributed by atoms with E-state index in [9.17, 15) is 9.59 Å². The highest BCUT2D eigenvalue weighted by atomic mass is 79.9. The van der Waals surface area contributed by atoms with Gasteiger partial charge in [-0.25, -0.2) is 0 Å². The maximum Gasteiger partial charge on any atom is 0.228 e.